The van der Waals surface area contributed by atoms with E-state index in [1.54, 1.807) is 12.1 Å². The lowest BCUT2D eigenvalue weighted by Gasteiger charge is -2.04. The van der Waals surface area contributed by atoms with Gasteiger partial charge in [0.1, 0.15) is 5.75 Å². The molecule has 1 amide bonds. The highest BCUT2D eigenvalue weighted by molar-refractivity contribution is 7.92. The molecule has 0 saturated heterocycles. The van der Waals surface area contributed by atoms with E-state index in [0.29, 0.717) is 18.5 Å². The van der Waals surface area contributed by atoms with Crippen molar-refractivity contribution in [1.82, 2.24) is 5.32 Å². The zero-order valence-electron chi connectivity index (χ0n) is 10.3. The third-order valence-corrected chi connectivity index (χ3v) is 4.14. The Morgan fingerprint density at radius 1 is 1.28 bits per heavy atom. The van der Waals surface area contributed by atoms with E-state index in [2.05, 4.69) is 5.32 Å². The molecule has 0 heterocycles. The lowest BCUT2D eigenvalue weighted by molar-refractivity contribution is -0.118. The maximum atomic E-state index is 11.6. The fourth-order valence-corrected chi connectivity index (χ4v) is 2.80. The smallest absolute Gasteiger partial charge is 0.234 e. The SMILES string of the molecule is CNC(=O)CS(=O)(=O)CCCc1ccc(N)cc1. The summed E-state index contributed by atoms with van der Waals surface area (Å²) in [6.07, 6.45) is 1.16. The Morgan fingerprint density at radius 2 is 1.89 bits per heavy atom. The number of hydrogen-bond acceptors (Lipinski definition) is 4. The minimum atomic E-state index is -3.31. The van der Waals surface area contributed by atoms with Gasteiger partial charge in [0, 0.05) is 12.7 Å². The molecule has 0 spiro atoms. The second kappa shape index (κ2) is 6.39. The lowest BCUT2D eigenvalue weighted by atomic mass is 10.1. The average molecular weight is 270 g/mol. The predicted octanol–water partition coefficient (Wildman–Crippen LogP) is 0.362. The molecule has 1 rings (SSSR count). The van der Waals surface area contributed by atoms with Crippen LogP contribution in [0.5, 0.6) is 0 Å². The Bertz CT molecular complexity index is 495. The molecule has 0 aliphatic carbocycles. The van der Waals surface area contributed by atoms with E-state index in [4.69, 9.17) is 5.73 Å². The van der Waals surface area contributed by atoms with Crippen molar-refractivity contribution in [3.8, 4) is 0 Å². The minimum Gasteiger partial charge on any atom is -0.399 e. The Hall–Kier alpha value is -1.56. The zero-order chi connectivity index (χ0) is 13.6. The van der Waals surface area contributed by atoms with E-state index in [-0.39, 0.29) is 5.75 Å². The third kappa shape index (κ3) is 5.18. The first kappa shape index (κ1) is 14.5. The summed E-state index contributed by atoms with van der Waals surface area (Å²) in [4.78, 5) is 11.0. The van der Waals surface area contributed by atoms with E-state index in [1.807, 2.05) is 12.1 Å². The fraction of sp³-hybridized carbons (Fsp3) is 0.417. The van der Waals surface area contributed by atoms with Gasteiger partial charge in [0.15, 0.2) is 9.84 Å². The van der Waals surface area contributed by atoms with Gasteiger partial charge in [-0.1, -0.05) is 12.1 Å². The Kier molecular flexibility index (Phi) is 5.15. The summed E-state index contributed by atoms with van der Waals surface area (Å²) in [5.41, 5.74) is 7.28. The number of benzene rings is 1. The van der Waals surface area contributed by atoms with Gasteiger partial charge >= 0.3 is 0 Å². The molecule has 1 aromatic rings. The van der Waals surface area contributed by atoms with Crippen LogP contribution in [0.1, 0.15) is 12.0 Å². The highest BCUT2D eigenvalue weighted by atomic mass is 32.2. The number of rotatable bonds is 6. The second-order valence-electron chi connectivity index (χ2n) is 4.11. The van der Waals surface area contributed by atoms with Crippen molar-refractivity contribution in [3.63, 3.8) is 0 Å². The van der Waals surface area contributed by atoms with Crippen LogP contribution in [-0.4, -0.2) is 32.9 Å². The topological polar surface area (TPSA) is 89.3 Å². The van der Waals surface area contributed by atoms with Gasteiger partial charge in [-0.25, -0.2) is 8.42 Å². The summed E-state index contributed by atoms with van der Waals surface area (Å²) in [5, 5.41) is 2.30. The first-order chi connectivity index (χ1) is 8.43. The van der Waals surface area contributed by atoms with Crippen LogP contribution in [0.4, 0.5) is 5.69 Å². The summed E-state index contributed by atoms with van der Waals surface area (Å²) in [5.74, 6) is -0.891. The van der Waals surface area contributed by atoms with E-state index >= 15 is 0 Å². The Labute approximate surface area is 107 Å². The number of sulfone groups is 1. The molecule has 18 heavy (non-hydrogen) atoms. The zero-order valence-corrected chi connectivity index (χ0v) is 11.2. The number of carbonyl (C=O) groups excluding carboxylic acids is 1. The molecular formula is C12H18N2O3S. The van der Waals surface area contributed by atoms with Crippen molar-refractivity contribution in [2.24, 2.45) is 0 Å². The van der Waals surface area contributed by atoms with Crippen LogP contribution in [0.15, 0.2) is 24.3 Å². The number of carbonyl (C=O) groups is 1. The normalized spacial score (nSPS) is 11.2. The number of nitrogens with two attached hydrogens (primary N) is 1. The van der Waals surface area contributed by atoms with Crippen LogP contribution in [0.3, 0.4) is 0 Å². The van der Waals surface area contributed by atoms with Gasteiger partial charge in [-0.3, -0.25) is 4.79 Å². The quantitative estimate of drug-likeness (QED) is 0.730. The summed E-state index contributed by atoms with van der Waals surface area (Å²) in [6, 6.07) is 7.32. The van der Waals surface area contributed by atoms with Gasteiger partial charge < -0.3 is 11.1 Å². The molecule has 100 valence electrons. The highest BCUT2D eigenvalue weighted by Crippen LogP contribution is 2.08. The molecule has 0 aliphatic rings. The van der Waals surface area contributed by atoms with Crippen LogP contribution < -0.4 is 11.1 Å². The van der Waals surface area contributed by atoms with Gasteiger partial charge in [-0.15, -0.1) is 0 Å². The number of hydrogen-bond donors (Lipinski definition) is 2. The van der Waals surface area contributed by atoms with Crippen LogP contribution in [0.2, 0.25) is 0 Å². The Balaban J connectivity index is 2.41. The Morgan fingerprint density at radius 3 is 2.44 bits per heavy atom. The maximum absolute atomic E-state index is 11.6. The van der Waals surface area contributed by atoms with Crippen LogP contribution >= 0.6 is 0 Å². The van der Waals surface area contributed by atoms with Crippen LogP contribution in [-0.2, 0) is 21.1 Å². The van der Waals surface area contributed by atoms with Crippen molar-refractivity contribution < 1.29 is 13.2 Å². The molecule has 5 nitrogen and oxygen atoms in total. The number of nitrogens with one attached hydrogen (secondary N) is 1. The highest BCUT2D eigenvalue weighted by Gasteiger charge is 2.15. The average Bonchev–Trinajstić information content (AvgIpc) is 2.31. The van der Waals surface area contributed by atoms with Crippen molar-refractivity contribution in [1.29, 1.82) is 0 Å². The predicted molar refractivity (Wildman–Crippen MR) is 71.9 cm³/mol. The molecule has 0 unspecified atom stereocenters. The molecule has 0 fully saturated rings. The van der Waals surface area contributed by atoms with Gasteiger partial charge in [0.2, 0.25) is 5.91 Å². The van der Waals surface area contributed by atoms with Crippen molar-refractivity contribution in [2.45, 2.75) is 12.8 Å². The largest absolute Gasteiger partial charge is 0.399 e. The molecule has 0 aliphatic heterocycles. The summed E-state index contributed by atoms with van der Waals surface area (Å²) in [7, 11) is -1.89. The first-order valence-corrected chi connectivity index (χ1v) is 7.50. The van der Waals surface area contributed by atoms with Crippen LogP contribution in [0.25, 0.3) is 0 Å². The van der Waals surface area contributed by atoms with Gasteiger partial charge in [0.05, 0.1) is 5.75 Å². The molecule has 6 heteroatoms. The van der Waals surface area contributed by atoms with Crippen LogP contribution in [0, 0.1) is 0 Å². The molecule has 0 saturated carbocycles. The number of amides is 1. The fourth-order valence-electron chi connectivity index (χ4n) is 1.52. The van der Waals surface area contributed by atoms with E-state index in [1.165, 1.54) is 7.05 Å². The van der Waals surface area contributed by atoms with Crippen molar-refractivity contribution in [3.05, 3.63) is 29.8 Å². The molecule has 0 bridgehead atoms. The molecule has 0 radical (unpaired) electrons. The molecule has 3 N–H and O–H groups in total. The van der Waals surface area contributed by atoms with Gasteiger partial charge in [0.25, 0.3) is 0 Å². The van der Waals surface area contributed by atoms with E-state index < -0.39 is 21.5 Å². The van der Waals surface area contributed by atoms with Crippen molar-refractivity contribution >= 4 is 21.4 Å². The number of anilines is 1. The summed E-state index contributed by atoms with van der Waals surface area (Å²) < 4.78 is 23.1. The second-order valence-corrected chi connectivity index (χ2v) is 6.29. The monoisotopic (exact) mass is 270 g/mol. The molecule has 0 aromatic heterocycles. The standard InChI is InChI=1S/C12H18N2O3S/c1-14-12(15)9-18(16,17)8-2-3-10-4-6-11(13)7-5-10/h4-7H,2-3,8-9,13H2,1H3,(H,14,15). The van der Waals surface area contributed by atoms with Gasteiger partial charge in [-0.05, 0) is 30.5 Å². The number of aryl methyl sites for hydroxylation is 1. The molecule has 1 aromatic carbocycles. The lowest BCUT2D eigenvalue weighted by Crippen LogP contribution is -2.28. The van der Waals surface area contributed by atoms with E-state index in [0.717, 1.165) is 5.56 Å². The summed E-state index contributed by atoms with van der Waals surface area (Å²) >= 11 is 0. The summed E-state index contributed by atoms with van der Waals surface area (Å²) in [6.45, 7) is 0. The van der Waals surface area contributed by atoms with Gasteiger partial charge in [-0.2, -0.15) is 0 Å². The third-order valence-electron chi connectivity index (χ3n) is 2.53. The maximum Gasteiger partial charge on any atom is 0.234 e. The first-order valence-electron chi connectivity index (χ1n) is 5.68. The van der Waals surface area contributed by atoms with E-state index in [9.17, 15) is 13.2 Å². The number of nitrogen functional groups attached to an aromatic ring is 1. The van der Waals surface area contributed by atoms with Crippen molar-refractivity contribution in [2.75, 3.05) is 24.3 Å². The minimum absolute atomic E-state index is 0.0186. The molecular weight excluding hydrogens is 252 g/mol. The molecule has 0 atom stereocenters.